The van der Waals surface area contributed by atoms with Crippen LogP contribution in [0.5, 0.6) is 0 Å². The predicted molar refractivity (Wildman–Crippen MR) is 110 cm³/mol. The third-order valence-corrected chi connectivity index (χ3v) is 4.56. The van der Waals surface area contributed by atoms with Gasteiger partial charge in [0.1, 0.15) is 0 Å². The van der Waals surface area contributed by atoms with Crippen LogP contribution in [-0.2, 0) is 11.3 Å². The van der Waals surface area contributed by atoms with Gasteiger partial charge in [-0.15, -0.1) is 0 Å². The molecule has 28 heavy (non-hydrogen) atoms. The first-order valence-corrected chi connectivity index (χ1v) is 9.56. The van der Waals surface area contributed by atoms with Gasteiger partial charge in [0.15, 0.2) is 0 Å². The highest BCUT2D eigenvalue weighted by molar-refractivity contribution is 5.94. The van der Waals surface area contributed by atoms with Crippen molar-refractivity contribution in [1.29, 1.82) is 0 Å². The molecule has 0 spiro atoms. The van der Waals surface area contributed by atoms with E-state index < -0.39 is 0 Å². The minimum Gasteiger partial charge on any atom is -0.338 e. The number of amides is 1. The van der Waals surface area contributed by atoms with Crippen LogP contribution >= 0.6 is 0 Å². The van der Waals surface area contributed by atoms with E-state index in [2.05, 4.69) is 22.4 Å². The summed E-state index contributed by atoms with van der Waals surface area (Å²) in [6.07, 6.45) is 0.918. The summed E-state index contributed by atoms with van der Waals surface area (Å²) >= 11 is 0. The van der Waals surface area contributed by atoms with Crippen molar-refractivity contribution in [1.82, 2.24) is 15.0 Å². The van der Waals surface area contributed by atoms with E-state index in [1.807, 2.05) is 73.3 Å². The minimum atomic E-state index is -0.325. The van der Waals surface area contributed by atoms with Gasteiger partial charge in [-0.2, -0.15) is 4.98 Å². The van der Waals surface area contributed by atoms with Gasteiger partial charge < -0.3 is 9.84 Å². The van der Waals surface area contributed by atoms with E-state index in [4.69, 9.17) is 4.52 Å². The van der Waals surface area contributed by atoms with E-state index in [0.29, 0.717) is 18.3 Å². The number of hydrogen-bond acceptors (Lipinski definition) is 5. The quantitative estimate of drug-likeness (QED) is 0.633. The van der Waals surface area contributed by atoms with Crippen molar-refractivity contribution >= 4 is 11.6 Å². The molecule has 0 saturated heterocycles. The van der Waals surface area contributed by atoms with Gasteiger partial charge >= 0.3 is 0 Å². The van der Waals surface area contributed by atoms with Crippen LogP contribution in [-0.4, -0.2) is 33.5 Å². The summed E-state index contributed by atoms with van der Waals surface area (Å²) in [6.45, 7) is 7.19. The summed E-state index contributed by atoms with van der Waals surface area (Å²) in [5.74, 6) is 1.01. The van der Waals surface area contributed by atoms with Crippen LogP contribution in [0.2, 0.25) is 0 Å². The molecule has 0 bridgehead atoms. The highest BCUT2D eigenvalue weighted by Crippen LogP contribution is 2.18. The van der Waals surface area contributed by atoms with Gasteiger partial charge in [-0.1, -0.05) is 54.0 Å². The molecule has 6 nitrogen and oxygen atoms in total. The molecule has 3 rings (SSSR count). The van der Waals surface area contributed by atoms with E-state index >= 15 is 0 Å². The van der Waals surface area contributed by atoms with Crippen molar-refractivity contribution in [3.05, 3.63) is 66.1 Å². The Hall–Kier alpha value is -2.99. The molecule has 0 aliphatic heterocycles. The van der Waals surface area contributed by atoms with Crippen molar-refractivity contribution in [3.63, 3.8) is 0 Å². The molecule has 1 aromatic heterocycles. The highest BCUT2D eigenvalue weighted by Gasteiger charge is 2.23. The van der Waals surface area contributed by atoms with Gasteiger partial charge in [-0.3, -0.25) is 9.69 Å². The molecule has 6 heteroatoms. The van der Waals surface area contributed by atoms with E-state index in [0.717, 1.165) is 29.8 Å². The second kappa shape index (κ2) is 9.28. The van der Waals surface area contributed by atoms with Crippen LogP contribution in [0.4, 0.5) is 5.69 Å². The highest BCUT2D eigenvalue weighted by atomic mass is 16.5. The molecule has 1 amide bonds. The maximum absolute atomic E-state index is 12.7. The summed E-state index contributed by atoms with van der Waals surface area (Å²) in [6, 6.07) is 17.1. The van der Waals surface area contributed by atoms with Gasteiger partial charge in [0, 0.05) is 11.3 Å². The maximum Gasteiger partial charge on any atom is 0.241 e. The smallest absolute Gasteiger partial charge is 0.241 e. The van der Waals surface area contributed by atoms with Crippen molar-refractivity contribution in [2.24, 2.45) is 0 Å². The molecule has 0 aliphatic carbocycles. The number of benzene rings is 2. The fraction of sp³-hybridized carbons (Fsp3) is 0.318. The Morgan fingerprint density at radius 2 is 1.96 bits per heavy atom. The summed E-state index contributed by atoms with van der Waals surface area (Å²) in [7, 11) is 0. The molecule has 1 heterocycles. The third-order valence-electron chi connectivity index (χ3n) is 4.56. The molecule has 0 aliphatic rings. The van der Waals surface area contributed by atoms with E-state index in [-0.39, 0.29) is 11.9 Å². The number of aromatic nitrogens is 2. The number of carbonyl (C=O) groups is 1. The number of nitrogens with zero attached hydrogens (tertiary/aromatic N) is 3. The molecule has 0 saturated carbocycles. The molecule has 146 valence electrons. The predicted octanol–water partition coefficient (Wildman–Crippen LogP) is 4.28. The molecule has 0 fully saturated rings. The van der Waals surface area contributed by atoms with Gasteiger partial charge in [-0.25, -0.2) is 0 Å². The van der Waals surface area contributed by atoms with Crippen LogP contribution < -0.4 is 5.32 Å². The summed E-state index contributed by atoms with van der Waals surface area (Å²) < 4.78 is 5.45. The Morgan fingerprint density at radius 1 is 1.18 bits per heavy atom. The third kappa shape index (κ3) is 5.04. The van der Waals surface area contributed by atoms with Crippen LogP contribution in [0.1, 0.15) is 31.7 Å². The zero-order chi connectivity index (χ0) is 19.9. The first kappa shape index (κ1) is 19.8. The first-order valence-electron chi connectivity index (χ1n) is 9.56. The van der Waals surface area contributed by atoms with Gasteiger partial charge in [0.2, 0.25) is 17.6 Å². The fourth-order valence-electron chi connectivity index (χ4n) is 3.03. The van der Waals surface area contributed by atoms with Crippen LogP contribution in [0.25, 0.3) is 11.4 Å². The van der Waals surface area contributed by atoms with Gasteiger partial charge in [0.05, 0.1) is 12.6 Å². The maximum atomic E-state index is 12.7. The lowest BCUT2D eigenvalue weighted by Gasteiger charge is -2.26. The van der Waals surface area contributed by atoms with Crippen molar-refractivity contribution < 1.29 is 9.32 Å². The number of nitrogens with one attached hydrogen (secondary N) is 1. The lowest BCUT2D eigenvalue weighted by molar-refractivity contribution is -0.121. The Kier molecular flexibility index (Phi) is 6.55. The molecular formula is C22H26N4O2. The number of anilines is 1. The molecule has 1 unspecified atom stereocenters. The van der Waals surface area contributed by atoms with Gasteiger partial charge in [-0.05, 0) is 45.0 Å². The molecule has 1 atom stereocenters. The Labute approximate surface area is 165 Å². The lowest BCUT2D eigenvalue weighted by atomic mass is 10.1. The molecule has 0 radical (unpaired) electrons. The number of aryl methyl sites for hydroxylation is 1. The number of para-hydroxylation sites is 1. The summed E-state index contributed by atoms with van der Waals surface area (Å²) in [5.41, 5.74) is 2.85. The largest absolute Gasteiger partial charge is 0.338 e. The number of hydrogen-bond donors (Lipinski definition) is 1. The van der Waals surface area contributed by atoms with Crippen LogP contribution in [0, 0.1) is 6.92 Å². The zero-order valence-corrected chi connectivity index (χ0v) is 16.6. The SMILES string of the molecule is CCCN(Cc1nc(-c2cccc(C)c2)no1)C(C)C(=O)Nc1ccccc1. The summed E-state index contributed by atoms with van der Waals surface area (Å²) in [4.78, 5) is 19.2. The molecule has 3 aromatic rings. The van der Waals surface area contributed by atoms with Crippen LogP contribution in [0.15, 0.2) is 59.1 Å². The molecule has 1 N–H and O–H groups in total. The van der Waals surface area contributed by atoms with Crippen molar-refractivity contribution in [3.8, 4) is 11.4 Å². The second-order valence-electron chi connectivity index (χ2n) is 6.88. The van der Waals surface area contributed by atoms with Gasteiger partial charge in [0.25, 0.3) is 0 Å². The fourth-order valence-corrected chi connectivity index (χ4v) is 3.03. The Morgan fingerprint density at radius 3 is 2.68 bits per heavy atom. The molecular weight excluding hydrogens is 352 g/mol. The topological polar surface area (TPSA) is 71.3 Å². The number of rotatable bonds is 8. The molecule has 2 aromatic carbocycles. The van der Waals surface area contributed by atoms with Crippen molar-refractivity contribution in [2.45, 2.75) is 39.8 Å². The normalized spacial score (nSPS) is 12.1. The van der Waals surface area contributed by atoms with Crippen LogP contribution in [0.3, 0.4) is 0 Å². The lowest BCUT2D eigenvalue weighted by Crippen LogP contribution is -2.42. The van der Waals surface area contributed by atoms with E-state index in [1.54, 1.807) is 0 Å². The minimum absolute atomic E-state index is 0.0573. The summed E-state index contributed by atoms with van der Waals surface area (Å²) in [5, 5.41) is 7.06. The Bertz CT molecular complexity index is 908. The standard InChI is InChI=1S/C22H26N4O2/c1-4-13-26(17(3)22(27)23-19-11-6-5-7-12-19)15-20-24-21(25-28-20)18-10-8-9-16(2)14-18/h5-12,14,17H,4,13,15H2,1-3H3,(H,23,27). The first-order chi connectivity index (χ1) is 13.6. The number of carbonyl (C=O) groups excluding carboxylic acids is 1. The van der Waals surface area contributed by atoms with E-state index in [1.165, 1.54) is 0 Å². The second-order valence-corrected chi connectivity index (χ2v) is 6.88. The average molecular weight is 378 g/mol. The monoisotopic (exact) mass is 378 g/mol. The van der Waals surface area contributed by atoms with E-state index in [9.17, 15) is 4.79 Å². The zero-order valence-electron chi connectivity index (χ0n) is 16.6. The average Bonchev–Trinajstić information content (AvgIpc) is 3.16. The van der Waals surface area contributed by atoms with Crippen molar-refractivity contribution in [2.75, 3.05) is 11.9 Å². The Balaban J connectivity index is 1.69.